The Morgan fingerprint density at radius 2 is 1.32 bits per heavy atom. The Hall–Kier alpha value is -2.42. The summed E-state index contributed by atoms with van der Waals surface area (Å²) in [6.07, 6.45) is 2.24. The lowest BCUT2D eigenvalue weighted by molar-refractivity contribution is 0.0821. The van der Waals surface area contributed by atoms with Crippen LogP contribution in [0.5, 0.6) is 0 Å². The summed E-state index contributed by atoms with van der Waals surface area (Å²) in [6.45, 7) is 6.81. The smallest absolute Gasteiger partial charge is 0.108 e. The van der Waals surface area contributed by atoms with Crippen molar-refractivity contribution < 1.29 is 4.74 Å². The number of nitrogens with one attached hydrogen (secondary N) is 1. The first-order valence-electron chi connectivity index (χ1n) is 10.2. The van der Waals surface area contributed by atoms with E-state index < -0.39 is 0 Å². The zero-order chi connectivity index (χ0) is 19.6. The first kappa shape index (κ1) is 20.3. The topological polar surface area (TPSA) is 21.3 Å². The van der Waals surface area contributed by atoms with Gasteiger partial charge in [-0.2, -0.15) is 0 Å². The molecule has 1 N–H and O–H groups in total. The van der Waals surface area contributed by atoms with Gasteiger partial charge in [0.1, 0.15) is 6.10 Å². The molecular formula is C26H31NO. The molecule has 0 fully saturated rings. The van der Waals surface area contributed by atoms with E-state index in [1.54, 1.807) is 0 Å². The fourth-order valence-electron chi connectivity index (χ4n) is 3.30. The molecule has 0 aliphatic carbocycles. The monoisotopic (exact) mass is 373 g/mol. The molecule has 0 bridgehead atoms. The molecule has 0 aliphatic rings. The Morgan fingerprint density at radius 3 is 2.00 bits per heavy atom. The van der Waals surface area contributed by atoms with E-state index in [2.05, 4.69) is 92.0 Å². The van der Waals surface area contributed by atoms with Crippen molar-refractivity contribution in [2.24, 2.45) is 0 Å². The first-order valence-corrected chi connectivity index (χ1v) is 10.2. The van der Waals surface area contributed by atoms with Crippen LogP contribution in [-0.4, -0.2) is 19.7 Å². The molecule has 2 nitrogen and oxygen atoms in total. The van der Waals surface area contributed by atoms with Gasteiger partial charge in [0.05, 0.1) is 6.61 Å². The zero-order valence-electron chi connectivity index (χ0n) is 17.0. The van der Waals surface area contributed by atoms with Gasteiger partial charge in [0.25, 0.3) is 0 Å². The van der Waals surface area contributed by atoms with Gasteiger partial charge >= 0.3 is 0 Å². The van der Waals surface area contributed by atoms with Gasteiger partial charge in [0.15, 0.2) is 0 Å². The molecule has 0 amide bonds. The molecule has 0 radical (unpaired) electrons. The Morgan fingerprint density at radius 1 is 0.714 bits per heavy atom. The highest BCUT2D eigenvalue weighted by atomic mass is 16.5. The molecule has 0 aliphatic heterocycles. The minimum Gasteiger partial charge on any atom is -0.367 e. The maximum Gasteiger partial charge on any atom is 0.108 e. The lowest BCUT2D eigenvalue weighted by Crippen LogP contribution is -2.22. The normalized spacial score (nSPS) is 12.1. The number of aryl methyl sites for hydroxylation is 3. The van der Waals surface area contributed by atoms with Crippen molar-refractivity contribution >= 4 is 0 Å². The van der Waals surface area contributed by atoms with Gasteiger partial charge in [-0.25, -0.2) is 0 Å². The molecule has 2 heteroatoms. The summed E-state index contributed by atoms with van der Waals surface area (Å²) in [5, 5.41) is 3.51. The van der Waals surface area contributed by atoms with Crippen molar-refractivity contribution in [3.05, 3.63) is 107 Å². The van der Waals surface area contributed by atoms with Crippen LogP contribution in [0.4, 0.5) is 0 Å². The molecule has 3 rings (SSSR count). The molecular weight excluding hydrogens is 342 g/mol. The van der Waals surface area contributed by atoms with Crippen molar-refractivity contribution in [3.63, 3.8) is 0 Å². The van der Waals surface area contributed by atoms with Gasteiger partial charge in [0.2, 0.25) is 0 Å². The van der Waals surface area contributed by atoms with Gasteiger partial charge in [-0.15, -0.1) is 0 Å². The molecule has 146 valence electrons. The Labute approximate surface area is 169 Å². The van der Waals surface area contributed by atoms with E-state index in [0.717, 1.165) is 25.9 Å². The third-order valence-corrected chi connectivity index (χ3v) is 4.99. The third-order valence-electron chi connectivity index (χ3n) is 4.99. The number of benzene rings is 3. The summed E-state index contributed by atoms with van der Waals surface area (Å²) in [5.74, 6) is 0. The molecule has 0 saturated heterocycles. The second-order valence-corrected chi connectivity index (χ2v) is 7.41. The van der Waals surface area contributed by atoms with Crippen LogP contribution in [0.25, 0.3) is 0 Å². The maximum absolute atomic E-state index is 6.27. The summed E-state index contributed by atoms with van der Waals surface area (Å²) in [4.78, 5) is 0. The number of rotatable bonds is 10. The highest BCUT2D eigenvalue weighted by Gasteiger charge is 2.14. The van der Waals surface area contributed by atoms with Crippen molar-refractivity contribution in [3.8, 4) is 0 Å². The predicted molar refractivity (Wildman–Crippen MR) is 118 cm³/mol. The van der Waals surface area contributed by atoms with Crippen LogP contribution < -0.4 is 5.32 Å². The largest absolute Gasteiger partial charge is 0.367 e. The van der Waals surface area contributed by atoms with Gasteiger partial charge in [-0.1, -0.05) is 90.0 Å². The lowest BCUT2D eigenvalue weighted by Gasteiger charge is -2.19. The molecule has 0 aromatic heterocycles. The SMILES string of the molecule is Cc1ccc(CCCNCCOC(c2ccccc2)c2ccc(C)cc2)cc1. The van der Waals surface area contributed by atoms with Crippen LogP contribution in [0.2, 0.25) is 0 Å². The molecule has 28 heavy (non-hydrogen) atoms. The van der Waals surface area contributed by atoms with E-state index in [0.29, 0.717) is 6.61 Å². The average Bonchev–Trinajstić information content (AvgIpc) is 2.73. The quantitative estimate of drug-likeness (QED) is 0.465. The number of hydrogen-bond acceptors (Lipinski definition) is 2. The predicted octanol–water partition coefficient (Wildman–Crippen LogP) is 5.63. The van der Waals surface area contributed by atoms with Crippen LogP contribution in [0.1, 0.15) is 40.3 Å². The first-order chi connectivity index (χ1) is 13.7. The summed E-state index contributed by atoms with van der Waals surface area (Å²) in [7, 11) is 0. The van der Waals surface area contributed by atoms with Gasteiger partial charge in [0, 0.05) is 6.54 Å². The Balaban J connectivity index is 1.44. The van der Waals surface area contributed by atoms with Crippen LogP contribution in [0.15, 0.2) is 78.9 Å². The molecule has 3 aromatic rings. The molecule has 1 atom stereocenters. The standard InChI is InChI=1S/C26H31NO/c1-21-10-14-23(15-11-21)7-6-18-27-19-20-28-26(24-8-4-3-5-9-24)25-16-12-22(2)13-17-25/h3-5,8-17,26-27H,6-7,18-20H2,1-2H3. The molecule has 0 saturated carbocycles. The molecule has 3 aromatic carbocycles. The van der Waals surface area contributed by atoms with E-state index >= 15 is 0 Å². The fourth-order valence-corrected chi connectivity index (χ4v) is 3.30. The summed E-state index contributed by atoms with van der Waals surface area (Å²) >= 11 is 0. The van der Waals surface area contributed by atoms with Gasteiger partial charge in [-0.05, 0) is 49.9 Å². The highest BCUT2D eigenvalue weighted by molar-refractivity contribution is 5.31. The van der Waals surface area contributed by atoms with Gasteiger partial charge in [-0.3, -0.25) is 0 Å². The van der Waals surface area contributed by atoms with E-state index in [4.69, 9.17) is 4.74 Å². The Kier molecular flexibility index (Phi) is 7.83. The van der Waals surface area contributed by atoms with Crippen molar-refractivity contribution in [1.29, 1.82) is 0 Å². The van der Waals surface area contributed by atoms with E-state index in [1.165, 1.54) is 27.8 Å². The molecule has 1 unspecified atom stereocenters. The van der Waals surface area contributed by atoms with Crippen LogP contribution in [0, 0.1) is 13.8 Å². The molecule has 0 heterocycles. The van der Waals surface area contributed by atoms with E-state index in [1.807, 2.05) is 6.07 Å². The maximum atomic E-state index is 6.27. The van der Waals surface area contributed by atoms with Crippen LogP contribution >= 0.6 is 0 Å². The lowest BCUT2D eigenvalue weighted by atomic mass is 10.0. The van der Waals surface area contributed by atoms with Gasteiger partial charge < -0.3 is 10.1 Å². The van der Waals surface area contributed by atoms with E-state index in [-0.39, 0.29) is 6.10 Å². The summed E-state index contributed by atoms with van der Waals surface area (Å²) in [6, 6.07) is 27.9. The van der Waals surface area contributed by atoms with E-state index in [9.17, 15) is 0 Å². The second kappa shape index (κ2) is 10.8. The van der Waals surface area contributed by atoms with Crippen LogP contribution in [0.3, 0.4) is 0 Å². The number of hydrogen-bond donors (Lipinski definition) is 1. The summed E-state index contributed by atoms with van der Waals surface area (Å²) in [5.41, 5.74) is 6.40. The molecule has 0 spiro atoms. The zero-order valence-corrected chi connectivity index (χ0v) is 17.0. The minimum absolute atomic E-state index is 0.0174. The van der Waals surface area contributed by atoms with Crippen molar-refractivity contribution in [2.45, 2.75) is 32.8 Å². The van der Waals surface area contributed by atoms with Crippen LogP contribution in [-0.2, 0) is 11.2 Å². The Bertz CT molecular complexity index is 809. The summed E-state index contributed by atoms with van der Waals surface area (Å²) < 4.78 is 6.27. The average molecular weight is 374 g/mol. The minimum atomic E-state index is -0.0174. The third kappa shape index (κ3) is 6.33. The second-order valence-electron chi connectivity index (χ2n) is 7.41. The van der Waals surface area contributed by atoms with Crippen molar-refractivity contribution in [2.75, 3.05) is 19.7 Å². The van der Waals surface area contributed by atoms with Crippen molar-refractivity contribution in [1.82, 2.24) is 5.32 Å². The highest BCUT2D eigenvalue weighted by Crippen LogP contribution is 2.26. The number of ether oxygens (including phenoxy) is 1. The fraction of sp³-hybridized carbons (Fsp3) is 0.308.